The molecule has 5 nitrogen and oxygen atoms in total. The minimum absolute atomic E-state index is 0.0669. The Labute approximate surface area is 112 Å². The summed E-state index contributed by atoms with van der Waals surface area (Å²) in [7, 11) is 3.26. The quantitative estimate of drug-likeness (QED) is 0.590. The Balaban J connectivity index is 2.43. The fraction of sp³-hybridized carbons (Fsp3) is 0.286. The van der Waals surface area contributed by atoms with Gasteiger partial charge < -0.3 is 15.4 Å². The highest BCUT2D eigenvalue weighted by Crippen LogP contribution is 2.11. The molecule has 0 fully saturated rings. The van der Waals surface area contributed by atoms with Crippen LogP contribution in [0.15, 0.2) is 36.0 Å². The Morgan fingerprint density at radius 3 is 2.63 bits per heavy atom. The van der Waals surface area contributed by atoms with Gasteiger partial charge in [-0.05, 0) is 24.1 Å². The largest absolute Gasteiger partial charge is 0.497 e. The number of nitrogens with one attached hydrogen (secondary N) is 2. The lowest BCUT2D eigenvalue weighted by molar-refractivity contribution is -0.117. The first-order valence-corrected chi connectivity index (χ1v) is 5.90. The fourth-order valence-corrected chi connectivity index (χ4v) is 1.50. The van der Waals surface area contributed by atoms with Gasteiger partial charge >= 0.3 is 0 Å². The van der Waals surface area contributed by atoms with Crippen LogP contribution < -0.4 is 15.4 Å². The van der Waals surface area contributed by atoms with E-state index in [1.807, 2.05) is 30.3 Å². The molecule has 0 aliphatic rings. The van der Waals surface area contributed by atoms with E-state index in [0.717, 1.165) is 11.3 Å². The Bertz CT molecular complexity index is 486. The predicted molar refractivity (Wildman–Crippen MR) is 72.5 cm³/mol. The van der Waals surface area contributed by atoms with E-state index >= 15 is 0 Å². The molecule has 0 aliphatic heterocycles. The Morgan fingerprint density at radius 2 is 2.11 bits per heavy atom. The van der Waals surface area contributed by atoms with E-state index in [1.54, 1.807) is 14.2 Å². The first-order chi connectivity index (χ1) is 9.21. The molecule has 0 aromatic heterocycles. The second-order valence-electron chi connectivity index (χ2n) is 3.81. The number of hydrogen-bond donors (Lipinski definition) is 2. The van der Waals surface area contributed by atoms with E-state index in [-0.39, 0.29) is 11.5 Å². The van der Waals surface area contributed by atoms with Crippen molar-refractivity contribution >= 4 is 5.91 Å². The molecule has 0 heterocycles. The van der Waals surface area contributed by atoms with Crippen LogP contribution in [-0.4, -0.2) is 26.6 Å². The normalized spacial score (nSPS) is 10.5. The third-order valence-electron chi connectivity index (χ3n) is 2.51. The van der Waals surface area contributed by atoms with E-state index in [1.165, 1.54) is 6.20 Å². The highest BCUT2D eigenvalue weighted by Gasteiger charge is 2.07. The number of rotatable bonds is 6. The molecule has 1 amide bonds. The molecule has 0 atom stereocenters. The van der Waals surface area contributed by atoms with Gasteiger partial charge in [0.05, 0.1) is 7.11 Å². The van der Waals surface area contributed by atoms with Gasteiger partial charge in [0.1, 0.15) is 17.4 Å². The van der Waals surface area contributed by atoms with Gasteiger partial charge in [0.15, 0.2) is 0 Å². The predicted octanol–water partition coefficient (Wildman–Crippen LogP) is 0.981. The number of nitrogens with zero attached hydrogens (tertiary/aromatic N) is 1. The molecule has 0 saturated carbocycles. The maximum atomic E-state index is 11.6. The van der Waals surface area contributed by atoms with Gasteiger partial charge in [-0.1, -0.05) is 12.1 Å². The van der Waals surface area contributed by atoms with Crippen molar-refractivity contribution in [2.75, 3.05) is 20.7 Å². The average Bonchev–Trinajstić information content (AvgIpc) is 2.45. The highest BCUT2D eigenvalue weighted by atomic mass is 16.5. The summed E-state index contributed by atoms with van der Waals surface area (Å²) in [6.45, 7) is 0.480. The fourth-order valence-electron chi connectivity index (χ4n) is 1.50. The van der Waals surface area contributed by atoms with Gasteiger partial charge in [0.2, 0.25) is 0 Å². The molecule has 1 rings (SSSR count). The monoisotopic (exact) mass is 259 g/mol. The average molecular weight is 259 g/mol. The summed E-state index contributed by atoms with van der Waals surface area (Å²) in [5, 5.41) is 14.1. The van der Waals surface area contributed by atoms with Crippen molar-refractivity contribution in [1.82, 2.24) is 10.6 Å². The van der Waals surface area contributed by atoms with E-state index in [2.05, 4.69) is 10.6 Å². The molecule has 0 radical (unpaired) electrons. The minimum Gasteiger partial charge on any atom is -0.497 e. The summed E-state index contributed by atoms with van der Waals surface area (Å²) in [6, 6.07) is 9.47. The van der Waals surface area contributed by atoms with Crippen LogP contribution in [0.5, 0.6) is 5.75 Å². The van der Waals surface area contributed by atoms with Crippen LogP contribution >= 0.6 is 0 Å². The summed E-state index contributed by atoms with van der Waals surface area (Å²) in [5.74, 6) is 0.432. The van der Waals surface area contributed by atoms with E-state index in [0.29, 0.717) is 13.0 Å². The van der Waals surface area contributed by atoms with Crippen molar-refractivity contribution in [2.24, 2.45) is 0 Å². The molecule has 0 bridgehead atoms. The van der Waals surface area contributed by atoms with Gasteiger partial charge in [0, 0.05) is 19.8 Å². The van der Waals surface area contributed by atoms with Crippen LogP contribution in [0.4, 0.5) is 0 Å². The highest BCUT2D eigenvalue weighted by molar-refractivity contribution is 5.97. The first kappa shape index (κ1) is 14.6. The van der Waals surface area contributed by atoms with Gasteiger partial charge in [-0.25, -0.2) is 0 Å². The van der Waals surface area contributed by atoms with Crippen LogP contribution in [0.2, 0.25) is 0 Å². The molecule has 5 heteroatoms. The summed E-state index contributed by atoms with van der Waals surface area (Å²) in [5.41, 5.74) is 1.16. The molecule has 0 saturated heterocycles. The summed E-state index contributed by atoms with van der Waals surface area (Å²) < 4.78 is 5.06. The molecule has 0 aliphatic carbocycles. The molecule has 1 aromatic rings. The number of carbonyl (C=O) groups excluding carboxylic acids is 1. The summed E-state index contributed by atoms with van der Waals surface area (Å²) >= 11 is 0. The summed E-state index contributed by atoms with van der Waals surface area (Å²) in [4.78, 5) is 11.6. The Hall–Kier alpha value is -2.48. The lowest BCUT2D eigenvalue weighted by atomic mass is 10.1. The Kier molecular flexibility index (Phi) is 5.96. The molecule has 1 aromatic carbocycles. The zero-order valence-corrected chi connectivity index (χ0v) is 11.1. The van der Waals surface area contributed by atoms with E-state index < -0.39 is 0 Å². The smallest absolute Gasteiger partial charge is 0.263 e. The number of carbonyl (C=O) groups is 1. The van der Waals surface area contributed by atoms with Crippen LogP contribution in [0, 0.1) is 11.3 Å². The second kappa shape index (κ2) is 7.77. The Morgan fingerprint density at radius 1 is 1.42 bits per heavy atom. The third kappa shape index (κ3) is 4.72. The zero-order chi connectivity index (χ0) is 14.1. The van der Waals surface area contributed by atoms with Gasteiger partial charge in [0.25, 0.3) is 5.91 Å². The number of amides is 1. The third-order valence-corrected chi connectivity index (χ3v) is 2.51. The zero-order valence-electron chi connectivity index (χ0n) is 11.1. The van der Waals surface area contributed by atoms with Crippen molar-refractivity contribution < 1.29 is 9.53 Å². The molecular formula is C14H17N3O2. The molecular weight excluding hydrogens is 242 g/mol. The van der Waals surface area contributed by atoms with Crippen molar-refractivity contribution in [2.45, 2.75) is 6.42 Å². The summed E-state index contributed by atoms with van der Waals surface area (Å²) in [6.07, 6.45) is 2.08. The van der Waals surface area contributed by atoms with Gasteiger partial charge in [-0.2, -0.15) is 5.26 Å². The van der Waals surface area contributed by atoms with E-state index in [9.17, 15) is 4.79 Å². The van der Waals surface area contributed by atoms with Crippen molar-refractivity contribution in [1.29, 1.82) is 5.26 Å². The van der Waals surface area contributed by atoms with E-state index in [4.69, 9.17) is 10.00 Å². The van der Waals surface area contributed by atoms with Crippen LogP contribution in [-0.2, 0) is 11.2 Å². The number of methoxy groups -OCH3 is 1. The maximum absolute atomic E-state index is 11.6. The van der Waals surface area contributed by atoms with Gasteiger partial charge in [-0.3, -0.25) is 4.79 Å². The van der Waals surface area contributed by atoms with Gasteiger partial charge in [-0.15, -0.1) is 0 Å². The number of nitriles is 1. The molecule has 100 valence electrons. The topological polar surface area (TPSA) is 74.2 Å². The number of benzene rings is 1. The lowest BCUT2D eigenvalue weighted by Crippen LogP contribution is -2.27. The second-order valence-corrected chi connectivity index (χ2v) is 3.81. The van der Waals surface area contributed by atoms with Crippen LogP contribution in [0.3, 0.4) is 0 Å². The number of hydrogen-bond acceptors (Lipinski definition) is 4. The minimum atomic E-state index is -0.370. The number of ether oxygens (including phenoxy) is 1. The first-order valence-electron chi connectivity index (χ1n) is 5.90. The van der Waals surface area contributed by atoms with Crippen LogP contribution in [0.1, 0.15) is 5.56 Å². The van der Waals surface area contributed by atoms with Crippen LogP contribution in [0.25, 0.3) is 0 Å². The molecule has 19 heavy (non-hydrogen) atoms. The SMILES string of the molecule is CN/C=C(/C#N)C(=O)NCCc1ccc(OC)cc1. The molecule has 2 N–H and O–H groups in total. The lowest BCUT2D eigenvalue weighted by Gasteiger charge is -2.05. The standard InChI is InChI=1S/C14H17N3O2/c1-16-10-12(9-15)14(18)17-8-7-11-3-5-13(19-2)6-4-11/h3-6,10,16H,7-8H2,1-2H3,(H,17,18)/b12-10-. The maximum Gasteiger partial charge on any atom is 0.263 e. The van der Waals surface area contributed by atoms with Crippen molar-refractivity contribution in [3.8, 4) is 11.8 Å². The van der Waals surface area contributed by atoms with Crippen molar-refractivity contribution in [3.63, 3.8) is 0 Å². The molecule has 0 unspecified atom stereocenters. The molecule has 0 spiro atoms. The van der Waals surface area contributed by atoms with Crippen molar-refractivity contribution in [3.05, 3.63) is 41.6 Å².